The SMILES string of the molecule is CC1=C(CCCCN2CCN(C(=O)Cc3cccs3)CC2)C(=O)N(c2ccc(C#N)c(C(F)(F)F)c2)C1=O. The van der Waals surface area contributed by atoms with Crippen LogP contribution in [0.2, 0.25) is 0 Å². The Morgan fingerprint density at radius 2 is 1.82 bits per heavy atom. The molecule has 4 rings (SSSR count). The predicted octanol–water partition coefficient (Wildman–Crippen LogP) is 4.39. The second-order valence-corrected chi connectivity index (χ2v) is 10.4. The molecular formula is C27H27F3N4O3S. The third-order valence-corrected chi connectivity index (χ3v) is 7.78. The lowest BCUT2D eigenvalue weighted by Crippen LogP contribution is -2.49. The van der Waals surface area contributed by atoms with E-state index in [1.54, 1.807) is 11.3 Å². The molecule has 2 aliphatic heterocycles. The minimum Gasteiger partial charge on any atom is -0.340 e. The Kier molecular flexibility index (Phi) is 8.33. The molecule has 38 heavy (non-hydrogen) atoms. The molecule has 3 amide bonds. The van der Waals surface area contributed by atoms with Crippen LogP contribution in [0.3, 0.4) is 0 Å². The van der Waals surface area contributed by atoms with Gasteiger partial charge in [0.15, 0.2) is 0 Å². The van der Waals surface area contributed by atoms with Gasteiger partial charge in [0.1, 0.15) is 0 Å². The van der Waals surface area contributed by atoms with E-state index >= 15 is 0 Å². The first kappa shape index (κ1) is 27.5. The molecule has 200 valence electrons. The lowest BCUT2D eigenvalue weighted by atomic mass is 10.0. The Morgan fingerprint density at radius 1 is 1.08 bits per heavy atom. The number of benzene rings is 1. The summed E-state index contributed by atoms with van der Waals surface area (Å²) in [5.74, 6) is -1.14. The Balaban J connectivity index is 1.27. The van der Waals surface area contributed by atoms with E-state index in [9.17, 15) is 27.6 Å². The van der Waals surface area contributed by atoms with Gasteiger partial charge in [-0.15, -0.1) is 11.3 Å². The van der Waals surface area contributed by atoms with E-state index in [1.165, 1.54) is 19.1 Å². The molecule has 0 atom stereocenters. The number of hydrogen-bond donors (Lipinski definition) is 0. The zero-order chi connectivity index (χ0) is 27.4. The molecule has 11 heteroatoms. The van der Waals surface area contributed by atoms with Crippen molar-refractivity contribution < 1.29 is 27.6 Å². The van der Waals surface area contributed by atoms with Crippen LogP contribution >= 0.6 is 11.3 Å². The Bertz CT molecular complexity index is 1290. The largest absolute Gasteiger partial charge is 0.417 e. The second kappa shape index (κ2) is 11.5. The number of anilines is 1. The number of rotatable bonds is 8. The summed E-state index contributed by atoms with van der Waals surface area (Å²) in [6.07, 6.45) is -2.61. The molecule has 1 aromatic carbocycles. The number of nitrogens with zero attached hydrogens (tertiary/aromatic N) is 4. The maximum absolute atomic E-state index is 13.4. The van der Waals surface area contributed by atoms with Gasteiger partial charge in [-0.25, -0.2) is 4.90 Å². The minimum absolute atomic E-state index is 0.132. The van der Waals surface area contributed by atoms with Crippen molar-refractivity contribution in [3.8, 4) is 6.07 Å². The normalized spacial score (nSPS) is 16.9. The van der Waals surface area contributed by atoms with Crippen molar-refractivity contribution in [2.75, 3.05) is 37.6 Å². The van der Waals surface area contributed by atoms with Gasteiger partial charge in [0.2, 0.25) is 5.91 Å². The highest BCUT2D eigenvalue weighted by molar-refractivity contribution is 7.10. The van der Waals surface area contributed by atoms with E-state index in [-0.39, 0.29) is 17.2 Å². The smallest absolute Gasteiger partial charge is 0.340 e. The topological polar surface area (TPSA) is 84.7 Å². The van der Waals surface area contributed by atoms with Crippen LogP contribution in [-0.4, -0.2) is 60.2 Å². The first-order chi connectivity index (χ1) is 18.1. The molecule has 0 aliphatic carbocycles. The summed E-state index contributed by atoms with van der Waals surface area (Å²) in [6.45, 7) is 5.17. The first-order valence-corrected chi connectivity index (χ1v) is 13.2. The molecule has 1 saturated heterocycles. The van der Waals surface area contributed by atoms with Crippen molar-refractivity contribution in [1.82, 2.24) is 9.80 Å². The van der Waals surface area contributed by atoms with E-state index < -0.39 is 29.1 Å². The van der Waals surface area contributed by atoms with E-state index in [2.05, 4.69) is 4.90 Å². The summed E-state index contributed by atoms with van der Waals surface area (Å²) < 4.78 is 40.1. The summed E-state index contributed by atoms with van der Waals surface area (Å²) in [6, 6.07) is 8.23. The van der Waals surface area contributed by atoms with Gasteiger partial charge in [0.05, 0.1) is 29.3 Å². The summed E-state index contributed by atoms with van der Waals surface area (Å²) in [4.78, 5) is 44.2. The van der Waals surface area contributed by atoms with Crippen LogP contribution in [0, 0.1) is 11.3 Å². The number of amides is 3. The van der Waals surface area contributed by atoms with Gasteiger partial charge in [-0.3, -0.25) is 19.3 Å². The third kappa shape index (κ3) is 5.97. The molecule has 0 N–H and O–H groups in total. The quantitative estimate of drug-likeness (QED) is 0.364. The fraction of sp³-hybridized carbons (Fsp3) is 0.407. The fourth-order valence-corrected chi connectivity index (χ4v) is 5.44. The molecule has 0 unspecified atom stereocenters. The molecule has 0 radical (unpaired) electrons. The number of hydrogen-bond acceptors (Lipinski definition) is 6. The van der Waals surface area contributed by atoms with Crippen molar-refractivity contribution in [2.45, 2.75) is 38.8 Å². The zero-order valence-corrected chi connectivity index (χ0v) is 21.7. The summed E-state index contributed by atoms with van der Waals surface area (Å²) in [7, 11) is 0. The lowest BCUT2D eigenvalue weighted by Gasteiger charge is -2.34. The molecule has 7 nitrogen and oxygen atoms in total. The van der Waals surface area contributed by atoms with E-state index in [0.717, 1.165) is 41.9 Å². The molecule has 3 heterocycles. The van der Waals surface area contributed by atoms with Crippen molar-refractivity contribution in [3.05, 3.63) is 62.9 Å². The van der Waals surface area contributed by atoms with Gasteiger partial charge in [-0.1, -0.05) is 6.07 Å². The zero-order valence-electron chi connectivity index (χ0n) is 20.9. The number of nitriles is 1. The van der Waals surface area contributed by atoms with E-state index in [0.29, 0.717) is 44.0 Å². The number of unbranched alkanes of at least 4 members (excludes halogenated alkanes) is 1. The van der Waals surface area contributed by atoms with Gasteiger partial charge >= 0.3 is 6.18 Å². The molecule has 0 saturated carbocycles. The summed E-state index contributed by atoms with van der Waals surface area (Å²) in [5, 5.41) is 11.0. The number of alkyl halides is 3. The number of halogens is 3. The average Bonchev–Trinajstić information content (AvgIpc) is 3.47. The molecule has 0 bridgehead atoms. The van der Waals surface area contributed by atoms with Gasteiger partial charge in [-0.2, -0.15) is 18.4 Å². The third-order valence-electron chi connectivity index (χ3n) is 6.91. The number of thiophene rings is 1. The summed E-state index contributed by atoms with van der Waals surface area (Å²) in [5.41, 5.74) is -1.43. The number of carbonyl (C=O) groups is 3. The highest BCUT2D eigenvalue weighted by Gasteiger charge is 2.39. The van der Waals surface area contributed by atoms with Crippen molar-refractivity contribution in [1.29, 1.82) is 5.26 Å². The second-order valence-electron chi connectivity index (χ2n) is 9.32. The van der Waals surface area contributed by atoms with Crippen LogP contribution < -0.4 is 4.90 Å². The first-order valence-electron chi connectivity index (χ1n) is 12.3. The molecular weight excluding hydrogens is 517 g/mol. The van der Waals surface area contributed by atoms with Crippen LogP contribution in [0.1, 0.15) is 42.2 Å². The standard InChI is InChI=1S/C27H27F3N4O3S/c1-18-22(26(37)34(25(18)36)20-8-7-19(17-31)23(15-20)27(28,29)30)6-2-3-9-32-10-12-33(13-11-32)24(35)16-21-5-4-14-38-21/h4-5,7-8,14-15H,2-3,6,9-13,16H2,1H3. The highest BCUT2D eigenvalue weighted by Crippen LogP contribution is 2.36. The van der Waals surface area contributed by atoms with Gasteiger partial charge < -0.3 is 4.90 Å². The Labute approximate surface area is 222 Å². The Morgan fingerprint density at radius 3 is 2.45 bits per heavy atom. The number of carbonyl (C=O) groups excluding carboxylic acids is 3. The van der Waals surface area contributed by atoms with E-state index in [1.807, 2.05) is 22.4 Å². The van der Waals surface area contributed by atoms with Gasteiger partial charge in [0, 0.05) is 42.2 Å². The molecule has 1 fully saturated rings. The Hall–Kier alpha value is -3.49. The molecule has 1 aromatic heterocycles. The summed E-state index contributed by atoms with van der Waals surface area (Å²) >= 11 is 1.58. The number of imide groups is 1. The van der Waals surface area contributed by atoms with Crippen LogP contribution in [0.15, 0.2) is 46.9 Å². The highest BCUT2D eigenvalue weighted by atomic mass is 32.1. The predicted molar refractivity (Wildman–Crippen MR) is 136 cm³/mol. The average molecular weight is 545 g/mol. The van der Waals surface area contributed by atoms with Gasteiger partial charge in [-0.05, 0) is 62.4 Å². The van der Waals surface area contributed by atoms with Crippen LogP contribution in [0.4, 0.5) is 18.9 Å². The monoisotopic (exact) mass is 544 g/mol. The van der Waals surface area contributed by atoms with Crippen LogP contribution in [0.5, 0.6) is 0 Å². The van der Waals surface area contributed by atoms with E-state index in [4.69, 9.17) is 5.26 Å². The van der Waals surface area contributed by atoms with Crippen molar-refractivity contribution in [3.63, 3.8) is 0 Å². The molecule has 2 aromatic rings. The lowest BCUT2D eigenvalue weighted by molar-refractivity contribution is -0.138. The molecule has 0 spiro atoms. The van der Waals surface area contributed by atoms with Crippen LogP contribution in [-0.2, 0) is 27.0 Å². The van der Waals surface area contributed by atoms with Crippen molar-refractivity contribution in [2.24, 2.45) is 0 Å². The fourth-order valence-electron chi connectivity index (χ4n) is 4.75. The number of piperazine rings is 1. The van der Waals surface area contributed by atoms with Crippen LogP contribution in [0.25, 0.3) is 0 Å². The minimum atomic E-state index is -4.79. The maximum Gasteiger partial charge on any atom is 0.417 e. The van der Waals surface area contributed by atoms with Crippen molar-refractivity contribution >= 4 is 34.7 Å². The van der Waals surface area contributed by atoms with Gasteiger partial charge in [0.25, 0.3) is 11.8 Å². The molecule has 2 aliphatic rings. The maximum atomic E-state index is 13.4.